The van der Waals surface area contributed by atoms with Crippen molar-refractivity contribution in [2.45, 2.75) is 33.5 Å². The van der Waals surface area contributed by atoms with Crippen LogP contribution in [0.4, 0.5) is 0 Å². The number of fused-ring (bicyclic) bond motifs is 1. The summed E-state index contributed by atoms with van der Waals surface area (Å²) in [5.74, 6) is 1.56. The van der Waals surface area contributed by atoms with E-state index < -0.39 is 0 Å². The summed E-state index contributed by atoms with van der Waals surface area (Å²) in [6.07, 6.45) is -0.0472. The van der Waals surface area contributed by atoms with Gasteiger partial charge >= 0.3 is 5.97 Å². The zero-order valence-electron chi connectivity index (χ0n) is 14.7. The van der Waals surface area contributed by atoms with E-state index in [-0.39, 0.29) is 18.7 Å². The minimum Gasteiger partial charge on any atom is -0.496 e. The van der Waals surface area contributed by atoms with Gasteiger partial charge in [0.05, 0.1) is 34.7 Å². The average Bonchev–Trinajstić information content (AvgIpc) is 2.56. The number of hydrogen-bond acceptors (Lipinski definition) is 5. The number of carbonyl (C=O) groups excluding carboxylic acids is 1. The second-order valence-electron chi connectivity index (χ2n) is 5.64. The van der Waals surface area contributed by atoms with Crippen LogP contribution < -0.4 is 14.2 Å². The van der Waals surface area contributed by atoms with E-state index in [1.54, 1.807) is 20.3 Å². The van der Waals surface area contributed by atoms with Gasteiger partial charge in [-0.1, -0.05) is 0 Å². The molecule has 25 heavy (non-hydrogen) atoms. The third kappa shape index (κ3) is 4.20. The van der Waals surface area contributed by atoms with Crippen molar-refractivity contribution < 1.29 is 23.7 Å². The molecule has 2 aromatic carbocycles. The summed E-state index contributed by atoms with van der Waals surface area (Å²) in [5.41, 5.74) is 0.786. The molecule has 2 aromatic rings. The minimum absolute atomic E-state index is 0.0472. The summed E-state index contributed by atoms with van der Waals surface area (Å²) in [6, 6.07) is 3.72. The van der Waals surface area contributed by atoms with Crippen molar-refractivity contribution in [3.63, 3.8) is 0 Å². The van der Waals surface area contributed by atoms with Crippen molar-refractivity contribution in [3.05, 3.63) is 26.6 Å². The molecule has 0 unspecified atom stereocenters. The molecule has 0 radical (unpaired) electrons. The Morgan fingerprint density at radius 3 is 2.24 bits per heavy atom. The van der Waals surface area contributed by atoms with Gasteiger partial charge in [0.15, 0.2) is 0 Å². The van der Waals surface area contributed by atoms with Crippen LogP contribution in [0.3, 0.4) is 0 Å². The highest BCUT2D eigenvalue weighted by molar-refractivity contribution is 9.11. The summed E-state index contributed by atoms with van der Waals surface area (Å²) < 4.78 is 23.7. The maximum atomic E-state index is 11.2. The molecule has 0 heterocycles. The Bertz CT molecular complexity index is 802. The highest BCUT2D eigenvalue weighted by atomic mass is 79.9. The summed E-state index contributed by atoms with van der Waals surface area (Å²) in [4.78, 5) is 11.2. The third-order valence-corrected chi connectivity index (χ3v) is 5.17. The highest BCUT2D eigenvalue weighted by Gasteiger charge is 2.22. The van der Waals surface area contributed by atoms with Crippen LogP contribution in [-0.4, -0.2) is 26.3 Å². The summed E-state index contributed by atoms with van der Waals surface area (Å²) >= 11 is 7.17. The lowest BCUT2D eigenvalue weighted by atomic mass is 10.0. The molecule has 136 valence electrons. The molecule has 0 N–H and O–H groups in total. The van der Waals surface area contributed by atoms with Gasteiger partial charge in [0.1, 0.15) is 23.9 Å². The molecule has 0 fully saturated rings. The summed E-state index contributed by atoms with van der Waals surface area (Å²) in [5, 5.41) is 1.65. The molecular weight excluding hydrogens is 456 g/mol. The first-order chi connectivity index (χ1) is 11.8. The van der Waals surface area contributed by atoms with Crippen molar-refractivity contribution in [3.8, 4) is 17.2 Å². The first kappa shape index (κ1) is 19.8. The van der Waals surface area contributed by atoms with E-state index in [1.807, 2.05) is 19.9 Å². The van der Waals surface area contributed by atoms with E-state index in [9.17, 15) is 4.79 Å². The lowest BCUT2D eigenvalue weighted by Crippen LogP contribution is -2.09. The molecule has 2 rings (SSSR count). The number of carbonyl (C=O) groups is 1. The van der Waals surface area contributed by atoms with Crippen LogP contribution in [0, 0.1) is 0 Å². The normalized spacial score (nSPS) is 10.9. The van der Waals surface area contributed by atoms with Crippen molar-refractivity contribution >= 4 is 48.6 Å². The minimum atomic E-state index is -0.347. The van der Waals surface area contributed by atoms with Crippen LogP contribution >= 0.6 is 31.9 Å². The largest absolute Gasteiger partial charge is 0.496 e. The Kier molecular flexibility index (Phi) is 6.57. The molecule has 0 aliphatic heterocycles. The number of halogens is 2. The molecule has 0 aromatic heterocycles. The monoisotopic (exact) mass is 474 g/mol. The second-order valence-corrected chi connectivity index (χ2v) is 7.23. The van der Waals surface area contributed by atoms with Gasteiger partial charge < -0.3 is 18.9 Å². The van der Waals surface area contributed by atoms with E-state index in [0.717, 1.165) is 25.3 Å². The molecule has 0 spiro atoms. The molecule has 0 aliphatic rings. The number of hydrogen-bond donors (Lipinski definition) is 0. The van der Waals surface area contributed by atoms with Gasteiger partial charge in [0.25, 0.3) is 0 Å². The molecule has 0 bridgehead atoms. The Morgan fingerprint density at radius 1 is 1.08 bits per heavy atom. The number of rotatable bonds is 6. The fourth-order valence-electron chi connectivity index (χ4n) is 2.43. The first-order valence-electron chi connectivity index (χ1n) is 7.65. The third-order valence-electron chi connectivity index (χ3n) is 3.48. The van der Waals surface area contributed by atoms with Crippen LogP contribution in [0.5, 0.6) is 17.2 Å². The van der Waals surface area contributed by atoms with Crippen LogP contribution in [-0.2, 0) is 16.1 Å². The van der Waals surface area contributed by atoms with E-state index in [0.29, 0.717) is 17.2 Å². The first-order valence-corrected chi connectivity index (χ1v) is 9.24. The van der Waals surface area contributed by atoms with Gasteiger partial charge in [0, 0.05) is 23.9 Å². The maximum Gasteiger partial charge on any atom is 0.302 e. The van der Waals surface area contributed by atoms with Gasteiger partial charge in [-0.25, -0.2) is 0 Å². The van der Waals surface area contributed by atoms with E-state index in [1.165, 1.54) is 6.92 Å². The van der Waals surface area contributed by atoms with E-state index in [2.05, 4.69) is 31.9 Å². The Morgan fingerprint density at radius 2 is 1.72 bits per heavy atom. The van der Waals surface area contributed by atoms with Crippen molar-refractivity contribution in [2.24, 2.45) is 0 Å². The van der Waals surface area contributed by atoms with Crippen molar-refractivity contribution in [2.75, 3.05) is 14.2 Å². The van der Waals surface area contributed by atoms with Crippen LogP contribution in [0.15, 0.2) is 21.1 Å². The zero-order valence-corrected chi connectivity index (χ0v) is 17.9. The number of ether oxygens (including phenoxy) is 4. The predicted octanol–water partition coefficient (Wildman–Crippen LogP) is 5.23. The van der Waals surface area contributed by atoms with E-state index in [4.69, 9.17) is 18.9 Å². The van der Waals surface area contributed by atoms with Crippen molar-refractivity contribution in [1.82, 2.24) is 0 Å². The standard InChI is InChI=1S/C18H20Br2O5/c1-9(2)25-18-15-12(6-11(16(18)19)8-24-10(3)21)17(20)14(23-5)7-13(15)22-4/h6-7,9H,8H2,1-5H3. The molecule has 0 aliphatic carbocycles. The fraction of sp³-hybridized carbons (Fsp3) is 0.389. The Labute approximate surface area is 163 Å². The molecular formula is C18H20Br2O5. The van der Waals surface area contributed by atoms with Gasteiger partial charge in [-0.3, -0.25) is 4.79 Å². The smallest absolute Gasteiger partial charge is 0.302 e. The molecule has 0 amide bonds. The molecule has 5 nitrogen and oxygen atoms in total. The molecule has 0 atom stereocenters. The second kappa shape index (κ2) is 8.27. The highest BCUT2D eigenvalue weighted by Crippen LogP contribution is 2.48. The molecule has 0 saturated heterocycles. The zero-order chi connectivity index (χ0) is 18.7. The predicted molar refractivity (Wildman–Crippen MR) is 104 cm³/mol. The van der Waals surface area contributed by atoms with Crippen molar-refractivity contribution in [1.29, 1.82) is 0 Å². The lowest BCUT2D eigenvalue weighted by Gasteiger charge is -2.20. The molecule has 7 heteroatoms. The molecule has 0 saturated carbocycles. The van der Waals surface area contributed by atoms with Gasteiger partial charge in [-0.2, -0.15) is 0 Å². The van der Waals surface area contributed by atoms with E-state index >= 15 is 0 Å². The topological polar surface area (TPSA) is 54.0 Å². The maximum absolute atomic E-state index is 11.2. The quantitative estimate of drug-likeness (QED) is 0.535. The number of esters is 1. The van der Waals surface area contributed by atoms with Gasteiger partial charge in [-0.05, 0) is 51.8 Å². The SMILES string of the molecule is COc1cc(OC)c2c(OC(C)C)c(Br)c(COC(C)=O)cc2c1Br. The number of benzene rings is 2. The summed E-state index contributed by atoms with van der Waals surface area (Å²) in [7, 11) is 3.19. The lowest BCUT2D eigenvalue weighted by molar-refractivity contribution is -0.142. The van der Waals surface area contributed by atoms with Gasteiger partial charge in [-0.15, -0.1) is 0 Å². The van der Waals surface area contributed by atoms with Crippen LogP contribution in [0.25, 0.3) is 10.8 Å². The Balaban J connectivity index is 2.83. The Hall–Kier alpha value is -1.47. The van der Waals surface area contributed by atoms with Gasteiger partial charge in [0.2, 0.25) is 0 Å². The summed E-state index contributed by atoms with van der Waals surface area (Å²) in [6.45, 7) is 5.40. The number of methoxy groups -OCH3 is 2. The average molecular weight is 476 g/mol. The van der Waals surface area contributed by atoms with Crippen LogP contribution in [0.2, 0.25) is 0 Å². The fourth-order valence-corrected chi connectivity index (χ4v) is 3.54. The van der Waals surface area contributed by atoms with Crippen LogP contribution in [0.1, 0.15) is 26.3 Å².